The van der Waals surface area contributed by atoms with Crippen molar-refractivity contribution in [2.45, 2.75) is 51.3 Å². The Balaban J connectivity index is 4.41. The molecule has 0 atom stereocenters. The lowest BCUT2D eigenvalue weighted by Crippen LogP contribution is -2.54. The van der Waals surface area contributed by atoms with Crippen molar-refractivity contribution in [3.8, 4) is 0 Å². The second-order valence-electron chi connectivity index (χ2n) is 4.00. The Kier molecular flexibility index (Phi) is 6.48. The second-order valence-corrected chi connectivity index (χ2v) is 5.57. The molecule has 0 heterocycles. The van der Waals surface area contributed by atoms with Gasteiger partial charge in [0.15, 0.2) is 0 Å². The molecule has 94 valence electrons. The second kappa shape index (κ2) is 6.78. The summed E-state index contributed by atoms with van der Waals surface area (Å²) < 4.78 is 0. The fourth-order valence-corrected chi connectivity index (χ4v) is 1.88. The fraction of sp³-hybridized carbons (Fsp3) is 0.818. The number of carboxylic acids is 1. The normalized spacial score (nSPS) is 11.6. The molecule has 0 aliphatic rings. The predicted molar refractivity (Wildman–Crippen MR) is 66.7 cm³/mol. The van der Waals surface area contributed by atoms with Crippen molar-refractivity contribution in [1.29, 1.82) is 0 Å². The van der Waals surface area contributed by atoms with Crippen molar-refractivity contribution in [3.63, 3.8) is 0 Å². The summed E-state index contributed by atoms with van der Waals surface area (Å²) in [5, 5.41) is 12.1. The predicted octanol–water partition coefficient (Wildman–Crippen LogP) is 1.89. The third-order valence-corrected chi connectivity index (χ3v) is 3.64. The van der Waals surface area contributed by atoms with Gasteiger partial charge in [-0.15, -0.1) is 11.8 Å². The van der Waals surface area contributed by atoms with E-state index in [9.17, 15) is 9.59 Å². The number of carbonyl (C=O) groups is 2. The lowest BCUT2D eigenvalue weighted by atomic mass is 9.93. The van der Waals surface area contributed by atoms with Crippen LogP contribution in [0.25, 0.3) is 0 Å². The van der Waals surface area contributed by atoms with Gasteiger partial charge in [0.2, 0.25) is 5.91 Å². The average molecular weight is 247 g/mol. The van der Waals surface area contributed by atoms with Gasteiger partial charge in [-0.25, -0.2) is 4.79 Å². The van der Waals surface area contributed by atoms with Gasteiger partial charge >= 0.3 is 5.97 Å². The van der Waals surface area contributed by atoms with Gasteiger partial charge in [-0.05, 0) is 18.1 Å². The summed E-state index contributed by atoms with van der Waals surface area (Å²) in [6.07, 6.45) is 0.799. The standard InChI is InChI=1S/C11H21NO3S/c1-5-11(6-2,10(14)15)12-9(13)7-16-8(3)4/h8H,5-7H2,1-4H3,(H,12,13)(H,14,15). The van der Waals surface area contributed by atoms with E-state index in [4.69, 9.17) is 5.11 Å². The highest BCUT2D eigenvalue weighted by Crippen LogP contribution is 2.16. The summed E-state index contributed by atoms with van der Waals surface area (Å²) in [6, 6.07) is 0. The number of rotatable bonds is 7. The molecular formula is C11H21NO3S. The number of hydrogen-bond donors (Lipinski definition) is 2. The molecular weight excluding hydrogens is 226 g/mol. The van der Waals surface area contributed by atoms with Crippen LogP contribution in [0.4, 0.5) is 0 Å². The number of aliphatic carboxylic acids is 1. The van der Waals surface area contributed by atoms with E-state index < -0.39 is 11.5 Å². The highest BCUT2D eigenvalue weighted by atomic mass is 32.2. The Labute approximate surface area is 101 Å². The molecule has 0 unspecified atom stereocenters. The third kappa shape index (κ3) is 4.43. The Morgan fingerprint density at radius 1 is 1.31 bits per heavy atom. The molecule has 0 aliphatic carbocycles. The molecule has 1 amide bonds. The summed E-state index contributed by atoms with van der Waals surface area (Å²) >= 11 is 1.51. The topological polar surface area (TPSA) is 66.4 Å². The molecule has 0 saturated carbocycles. The molecule has 2 N–H and O–H groups in total. The molecule has 0 saturated heterocycles. The zero-order chi connectivity index (χ0) is 12.8. The number of amides is 1. The Bertz CT molecular complexity index is 250. The first kappa shape index (κ1) is 15.3. The van der Waals surface area contributed by atoms with E-state index in [0.717, 1.165) is 0 Å². The minimum atomic E-state index is -1.10. The molecule has 0 aromatic heterocycles. The fourth-order valence-electron chi connectivity index (χ4n) is 1.33. The third-order valence-electron chi connectivity index (χ3n) is 2.54. The summed E-state index contributed by atoms with van der Waals surface area (Å²) in [4.78, 5) is 22.7. The van der Waals surface area contributed by atoms with Crippen molar-refractivity contribution in [3.05, 3.63) is 0 Å². The summed E-state index contributed by atoms with van der Waals surface area (Å²) in [7, 11) is 0. The maximum Gasteiger partial charge on any atom is 0.329 e. The number of carbonyl (C=O) groups excluding carboxylic acids is 1. The van der Waals surface area contributed by atoms with Gasteiger partial charge in [0.25, 0.3) is 0 Å². The lowest BCUT2D eigenvalue weighted by Gasteiger charge is -2.28. The van der Waals surface area contributed by atoms with Crippen molar-refractivity contribution in [2.24, 2.45) is 0 Å². The van der Waals surface area contributed by atoms with Crippen LogP contribution in [-0.4, -0.2) is 33.5 Å². The molecule has 5 heteroatoms. The van der Waals surface area contributed by atoms with E-state index in [-0.39, 0.29) is 5.91 Å². The zero-order valence-electron chi connectivity index (χ0n) is 10.4. The molecule has 16 heavy (non-hydrogen) atoms. The smallest absolute Gasteiger partial charge is 0.329 e. The van der Waals surface area contributed by atoms with Gasteiger partial charge in [0.05, 0.1) is 5.75 Å². The van der Waals surface area contributed by atoms with Crippen molar-refractivity contribution < 1.29 is 14.7 Å². The van der Waals surface area contributed by atoms with E-state index in [2.05, 4.69) is 5.32 Å². The van der Waals surface area contributed by atoms with Crippen LogP contribution in [0.5, 0.6) is 0 Å². The molecule has 0 aromatic carbocycles. The SMILES string of the molecule is CCC(CC)(NC(=O)CSC(C)C)C(=O)O. The van der Waals surface area contributed by atoms with Gasteiger partial charge in [-0.1, -0.05) is 27.7 Å². The van der Waals surface area contributed by atoms with Crippen molar-refractivity contribution in [2.75, 3.05) is 5.75 Å². The number of hydrogen-bond acceptors (Lipinski definition) is 3. The van der Waals surface area contributed by atoms with Crippen LogP contribution in [0.3, 0.4) is 0 Å². The highest BCUT2D eigenvalue weighted by Gasteiger charge is 2.36. The minimum Gasteiger partial charge on any atom is -0.480 e. The molecule has 0 fully saturated rings. The van der Waals surface area contributed by atoms with Crippen molar-refractivity contribution >= 4 is 23.6 Å². The largest absolute Gasteiger partial charge is 0.480 e. The lowest BCUT2D eigenvalue weighted by molar-refractivity contribution is -0.147. The first-order chi connectivity index (χ1) is 7.38. The monoisotopic (exact) mass is 247 g/mol. The maximum atomic E-state index is 11.6. The molecule has 0 rings (SSSR count). The molecule has 0 spiro atoms. The van der Waals surface area contributed by atoms with Crippen molar-refractivity contribution in [1.82, 2.24) is 5.32 Å². The zero-order valence-corrected chi connectivity index (χ0v) is 11.2. The van der Waals surface area contributed by atoms with Crippen LogP contribution in [0.1, 0.15) is 40.5 Å². The van der Waals surface area contributed by atoms with E-state index in [1.165, 1.54) is 11.8 Å². The van der Waals surface area contributed by atoms with Gasteiger partial charge in [0.1, 0.15) is 5.54 Å². The molecule has 0 bridgehead atoms. The first-order valence-corrected chi connectivity index (χ1v) is 6.58. The average Bonchev–Trinajstić information content (AvgIpc) is 2.22. The van der Waals surface area contributed by atoms with Crippen LogP contribution >= 0.6 is 11.8 Å². The summed E-state index contributed by atoms with van der Waals surface area (Å²) in [5.74, 6) is -0.850. The molecule has 0 aliphatic heterocycles. The van der Waals surface area contributed by atoms with E-state index >= 15 is 0 Å². The van der Waals surface area contributed by atoms with Crippen LogP contribution in [0.15, 0.2) is 0 Å². The Morgan fingerprint density at radius 3 is 2.12 bits per heavy atom. The van der Waals surface area contributed by atoms with Gasteiger partial charge in [-0.3, -0.25) is 4.79 Å². The molecule has 4 nitrogen and oxygen atoms in total. The molecule has 0 radical (unpaired) electrons. The van der Waals surface area contributed by atoms with E-state index in [0.29, 0.717) is 23.8 Å². The first-order valence-electron chi connectivity index (χ1n) is 5.54. The van der Waals surface area contributed by atoms with Gasteiger partial charge < -0.3 is 10.4 Å². The van der Waals surface area contributed by atoms with Crippen LogP contribution in [0, 0.1) is 0 Å². The van der Waals surface area contributed by atoms with Crippen LogP contribution < -0.4 is 5.32 Å². The van der Waals surface area contributed by atoms with Crippen LogP contribution in [0.2, 0.25) is 0 Å². The van der Waals surface area contributed by atoms with E-state index in [1.54, 1.807) is 13.8 Å². The molecule has 0 aromatic rings. The Morgan fingerprint density at radius 2 is 1.81 bits per heavy atom. The van der Waals surface area contributed by atoms with Gasteiger partial charge in [-0.2, -0.15) is 0 Å². The quantitative estimate of drug-likeness (QED) is 0.721. The summed E-state index contributed by atoms with van der Waals surface area (Å²) in [6.45, 7) is 7.55. The van der Waals surface area contributed by atoms with Gasteiger partial charge in [0, 0.05) is 0 Å². The van der Waals surface area contributed by atoms with Crippen LogP contribution in [-0.2, 0) is 9.59 Å². The Hall–Kier alpha value is -0.710. The van der Waals surface area contributed by atoms with E-state index in [1.807, 2.05) is 13.8 Å². The summed E-state index contributed by atoms with van der Waals surface area (Å²) in [5.41, 5.74) is -1.10. The maximum absolute atomic E-state index is 11.6. The minimum absolute atomic E-state index is 0.204. The number of nitrogens with one attached hydrogen (secondary N) is 1. The number of thioether (sulfide) groups is 1. The number of carboxylic acid groups (broad SMARTS) is 1. The highest BCUT2D eigenvalue weighted by molar-refractivity contribution is 8.00.